The average molecular weight is 443 g/mol. The van der Waals surface area contributed by atoms with Gasteiger partial charge in [0.25, 0.3) is 0 Å². The maximum absolute atomic E-state index is 13.0. The Balaban J connectivity index is 1.75. The lowest BCUT2D eigenvalue weighted by molar-refractivity contribution is -0.421. The molecule has 3 aromatic carbocycles. The molecule has 0 spiro atoms. The highest BCUT2D eigenvalue weighted by Crippen LogP contribution is 2.40. The van der Waals surface area contributed by atoms with E-state index in [9.17, 15) is 10.0 Å². The molecule has 1 aliphatic carbocycles. The van der Waals surface area contributed by atoms with Gasteiger partial charge in [-0.1, -0.05) is 42.5 Å². The standard InChI is InChI=1S/C27H25NO5/c1-4-32-27(29)25-24(19-10-6-5-7-11-19)22-14-13-21(16-23(22)26(25)28(2)30)33-17-18-9-8-12-20(15-18)31-3/h5-16H,4,17H2,1-3H3/b28-26+. The van der Waals surface area contributed by atoms with E-state index in [4.69, 9.17) is 14.2 Å². The van der Waals surface area contributed by atoms with Gasteiger partial charge in [-0.05, 0) is 53.9 Å². The summed E-state index contributed by atoms with van der Waals surface area (Å²) >= 11 is 0. The molecule has 0 heterocycles. The van der Waals surface area contributed by atoms with Gasteiger partial charge in [0.1, 0.15) is 30.7 Å². The third kappa shape index (κ3) is 4.46. The Morgan fingerprint density at radius 1 is 0.939 bits per heavy atom. The molecule has 0 radical (unpaired) electrons. The quantitative estimate of drug-likeness (QED) is 0.231. The minimum absolute atomic E-state index is 0.214. The van der Waals surface area contributed by atoms with Gasteiger partial charge in [-0.15, -0.1) is 0 Å². The molecular formula is C27H25NO5. The number of hydroxylamine groups is 1. The monoisotopic (exact) mass is 443 g/mol. The highest BCUT2D eigenvalue weighted by Gasteiger charge is 2.39. The number of fused-ring (bicyclic) bond motifs is 1. The van der Waals surface area contributed by atoms with Crippen LogP contribution in [0, 0.1) is 5.21 Å². The molecule has 33 heavy (non-hydrogen) atoms. The van der Waals surface area contributed by atoms with Gasteiger partial charge < -0.3 is 19.4 Å². The Hall–Kier alpha value is -4.06. The van der Waals surface area contributed by atoms with Crippen LogP contribution in [0.1, 0.15) is 29.2 Å². The van der Waals surface area contributed by atoms with E-state index in [1.807, 2.05) is 66.7 Å². The van der Waals surface area contributed by atoms with Gasteiger partial charge >= 0.3 is 5.97 Å². The van der Waals surface area contributed by atoms with Crippen molar-refractivity contribution < 1.29 is 23.7 Å². The molecule has 0 fully saturated rings. The molecule has 0 bridgehead atoms. The second-order valence-electron chi connectivity index (χ2n) is 7.53. The number of esters is 1. The van der Waals surface area contributed by atoms with Gasteiger partial charge in [-0.2, -0.15) is 0 Å². The average Bonchev–Trinajstić information content (AvgIpc) is 3.18. The SMILES string of the molecule is CCOC(=O)C1=C(c2ccccc2)c2ccc(OCc3cccc(OC)c3)cc2/C1=[N+](/C)[O-]. The zero-order valence-corrected chi connectivity index (χ0v) is 18.8. The first-order chi connectivity index (χ1) is 16.0. The fourth-order valence-electron chi connectivity index (χ4n) is 3.98. The number of carbonyl (C=O) groups is 1. The Bertz CT molecular complexity index is 1240. The van der Waals surface area contributed by atoms with Gasteiger partial charge in [0.2, 0.25) is 5.71 Å². The van der Waals surface area contributed by atoms with Crippen LogP contribution in [-0.4, -0.2) is 37.2 Å². The second kappa shape index (κ2) is 9.61. The minimum atomic E-state index is -0.524. The lowest BCUT2D eigenvalue weighted by atomic mass is 9.97. The van der Waals surface area contributed by atoms with Gasteiger partial charge in [0.15, 0.2) is 0 Å². The third-order valence-electron chi connectivity index (χ3n) is 5.40. The first kappa shape index (κ1) is 22.1. The molecule has 0 saturated carbocycles. The first-order valence-electron chi connectivity index (χ1n) is 10.7. The number of carbonyl (C=O) groups excluding carboxylic acids is 1. The van der Waals surface area contributed by atoms with Crippen molar-refractivity contribution in [3.8, 4) is 11.5 Å². The summed E-state index contributed by atoms with van der Waals surface area (Å²) in [7, 11) is 3.01. The summed E-state index contributed by atoms with van der Waals surface area (Å²) in [6.45, 7) is 2.29. The second-order valence-corrected chi connectivity index (χ2v) is 7.53. The molecule has 0 N–H and O–H groups in total. The number of benzene rings is 3. The van der Waals surface area contributed by atoms with Crippen molar-refractivity contribution in [1.29, 1.82) is 0 Å². The Morgan fingerprint density at radius 2 is 1.73 bits per heavy atom. The van der Waals surface area contributed by atoms with Crippen LogP contribution in [0.15, 0.2) is 78.4 Å². The molecule has 6 heteroatoms. The molecule has 0 aliphatic heterocycles. The molecule has 3 aromatic rings. The highest BCUT2D eigenvalue weighted by atomic mass is 16.5. The van der Waals surface area contributed by atoms with Crippen molar-refractivity contribution in [2.24, 2.45) is 0 Å². The molecule has 0 aromatic heterocycles. The summed E-state index contributed by atoms with van der Waals surface area (Å²) in [6.07, 6.45) is 0. The zero-order valence-electron chi connectivity index (χ0n) is 18.8. The molecule has 0 saturated heterocycles. The molecule has 168 valence electrons. The first-order valence-corrected chi connectivity index (χ1v) is 10.7. The van der Waals surface area contributed by atoms with Crippen LogP contribution in [0.25, 0.3) is 5.57 Å². The zero-order chi connectivity index (χ0) is 23.4. The van der Waals surface area contributed by atoms with Crippen molar-refractivity contribution in [2.75, 3.05) is 20.8 Å². The normalized spacial score (nSPS) is 14.0. The fraction of sp³-hybridized carbons (Fsp3) is 0.185. The van der Waals surface area contributed by atoms with Gasteiger partial charge in [0.05, 0.1) is 19.3 Å². The van der Waals surface area contributed by atoms with E-state index in [0.717, 1.165) is 22.4 Å². The lowest BCUT2D eigenvalue weighted by Gasteiger charge is -2.10. The number of hydrogen-bond acceptors (Lipinski definition) is 5. The van der Waals surface area contributed by atoms with Crippen LogP contribution >= 0.6 is 0 Å². The molecular weight excluding hydrogens is 418 g/mol. The maximum atomic E-state index is 13.0. The highest BCUT2D eigenvalue weighted by molar-refractivity contribution is 6.35. The van der Waals surface area contributed by atoms with E-state index in [0.29, 0.717) is 28.2 Å². The van der Waals surface area contributed by atoms with Crippen molar-refractivity contribution in [2.45, 2.75) is 13.5 Å². The van der Waals surface area contributed by atoms with E-state index in [1.54, 1.807) is 20.1 Å². The molecule has 0 unspecified atom stereocenters. The smallest absolute Gasteiger partial charge is 0.345 e. The van der Waals surface area contributed by atoms with Crippen molar-refractivity contribution in [3.05, 3.63) is 106 Å². The van der Waals surface area contributed by atoms with Crippen molar-refractivity contribution >= 4 is 17.3 Å². The molecule has 1 aliphatic rings. The number of nitrogens with zero attached hydrogens (tertiary/aromatic N) is 1. The topological polar surface area (TPSA) is 70.8 Å². The lowest BCUT2D eigenvalue weighted by Crippen LogP contribution is -2.21. The summed E-state index contributed by atoms with van der Waals surface area (Å²) in [4.78, 5) is 13.0. The third-order valence-corrected chi connectivity index (χ3v) is 5.40. The predicted molar refractivity (Wildman–Crippen MR) is 127 cm³/mol. The van der Waals surface area contributed by atoms with Gasteiger partial charge in [-0.3, -0.25) is 0 Å². The Labute approximate surface area is 192 Å². The summed E-state index contributed by atoms with van der Waals surface area (Å²) in [5.41, 5.74) is 4.43. The van der Waals surface area contributed by atoms with Crippen molar-refractivity contribution in [3.63, 3.8) is 0 Å². The number of rotatable bonds is 7. The maximum Gasteiger partial charge on any atom is 0.345 e. The van der Waals surface area contributed by atoms with Crippen molar-refractivity contribution in [1.82, 2.24) is 0 Å². The summed E-state index contributed by atoms with van der Waals surface area (Å²) in [6, 6.07) is 22.7. The van der Waals surface area contributed by atoms with Crippen LogP contribution in [0.3, 0.4) is 0 Å². The van der Waals surface area contributed by atoms with Crippen LogP contribution in [0.5, 0.6) is 11.5 Å². The molecule has 0 amide bonds. The largest absolute Gasteiger partial charge is 0.624 e. The predicted octanol–water partition coefficient (Wildman–Crippen LogP) is 4.58. The van der Waals surface area contributed by atoms with Crippen LogP contribution in [0.4, 0.5) is 0 Å². The van der Waals surface area contributed by atoms with E-state index < -0.39 is 5.97 Å². The summed E-state index contributed by atoms with van der Waals surface area (Å²) in [5, 5.41) is 12.6. The van der Waals surface area contributed by atoms with E-state index in [1.165, 1.54) is 7.05 Å². The fourth-order valence-corrected chi connectivity index (χ4v) is 3.98. The summed E-state index contributed by atoms with van der Waals surface area (Å²) < 4.78 is 17.3. The Kier molecular flexibility index (Phi) is 6.45. The Morgan fingerprint density at radius 3 is 2.42 bits per heavy atom. The molecule has 6 nitrogen and oxygen atoms in total. The van der Waals surface area contributed by atoms with E-state index in [-0.39, 0.29) is 17.9 Å². The molecule has 0 atom stereocenters. The van der Waals surface area contributed by atoms with Crippen LogP contribution in [-0.2, 0) is 16.1 Å². The number of methoxy groups -OCH3 is 1. The minimum Gasteiger partial charge on any atom is -0.624 e. The number of ether oxygens (including phenoxy) is 3. The van der Waals surface area contributed by atoms with Gasteiger partial charge in [0, 0.05) is 5.57 Å². The van der Waals surface area contributed by atoms with Crippen LogP contribution in [0.2, 0.25) is 0 Å². The number of hydrogen-bond donors (Lipinski definition) is 0. The van der Waals surface area contributed by atoms with Gasteiger partial charge in [-0.25, -0.2) is 9.53 Å². The van der Waals surface area contributed by atoms with E-state index >= 15 is 0 Å². The molecule has 4 rings (SSSR count). The summed E-state index contributed by atoms with van der Waals surface area (Å²) in [5.74, 6) is 0.821. The van der Waals surface area contributed by atoms with Crippen LogP contribution < -0.4 is 9.47 Å². The van der Waals surface area contributed by atoms with E-state index in [2.05, 4.69) is 0 Å².